The molecule has 1 aliphatic rings. The van der Waals surface area contributed by atoms with E-state index in [0.29, 0.717) is 11.3 Å². The minimum atomic E-state index is -1.36. The number of anilines is 1. The van der Waals surface area contributed by atoms with E-state index >= 15 is 0 Å². The van der Waals surface area contributed by atoms with Gasteiger partial charge in [0.05, 0.1) is 0 Å². The Morgan fingerprint density at radius 3 is 2.23 bits per heavy atom. The molecule has 8 nitrogen and oxygen atoms in total. The zero-order valence-corrected chi connectivity index (χ0v) is 19.5. The summed E-state index contributed by atoms with van der Waals surface area (Å²) in [7, 11) is 0. The number of nitrogens with zero attached hydrogens (tertiary/aromatic N) is 1. The average Bonchev–Trinajstić information content (AvgIpc) is 3.07. The fraction of sp³-hybridized carbons (Fsp3) is 0.185. The lowest BCUT2D eigenvalue weighted by Gasteiger charge is -2.27. The molecule has 3 aromatic carbocycles. The molecule has 178 valence electrons. The maximum Gasteiger partial charge on any atom is 0.325 e. The second-order valence-corrected chi connectivity index (χ2v) is 8.58. The molecule has 4 rings (SSSR count). The van der Waals surface area contributed by atoms with Crippen LogP contribution in [0.4, 0.5) is 15.3 Å². The van der Waals surface area contributed by atoms with Crippen LogP contribution in [0.15, 0.2) is 78.9 Å². The molecule has 1 saturated heterocycles. The van der Waals surface area contributed by atoms with Crippen molar-refractivity contribution in [1.82, 2.24) is 15.5 Å². The highest BCUT2D eigenvalue weighted by molar-refractivity contribution is 6.11. The number of carbonyl (C=O) groups excluding carboxylic acids is 4. The number of benzene rings is 3. The third kappa shape index (κ3) is 5.06. The van der Waals surface area contributed by atoms with Crippen molar-refractivity contribution in [1.29, 1.82) is 0 Å². The molecule has 3 N–H and O–H groups in total. The van der Waals surface area contributed by atoms with E-state index in [0.717, 1.165) is 21.6 Å². The Balaban J connectivity index is 1.50. The third-order valence-electron chi connectivity index (χ3n) is 5.94. The van der Waals surface area contributed by atoms with Crippen molar-refractivity contribution >= 4 is 29.6 Å². The SMILES string of the molecule is Cc1ccc(NC(=O)NC(=O)CN2C(=O)N[C@](Cc3ccccc3)(c3ccccc3)C2=O)c(C)c1. The summed E-state index contributed by atoms with van der Waals surface area (Å²) < 4.78 is 0. The molecule has 0 radical (unpaired) electrons. The number of rotatable bonds is 6. The van der Waals surface area contributed by atoms with Gasteiger partial charge in [-0.2, -0.15) is 0 Å². The van der Waals surface area contributed by atoms with Gasteiger partial charge in [-0.1, -0.05) is 78.4 Å². The fourth-order valence-electron chi connectivity index (χ4n) is 4.23. The lowest BCUT2D eigenvalue weighted by atomic mass is 9.83. The Bertz CT molecular complexity index is 1280. The standard InChI is InChI=1S/C27H26N4O4/c1-18-13-14-22(19(2)15-18)28-25(34)29-23(32)17-31-24(33)27(30-26(31)35,21-11-7-4-8-12-21)16-20-9-5-3-6-10-20/h3-15H,16-17H2,1-2H3,(H,30,35)(H2,28,29,32,34)/t27-/m1/s1. The van der Waals surface area contributed by atoms with E-state index in [2.05, 4.69) is 16.0 Å². The zero-order chi connectivity index (χ0) is 25.0. The van der Waals surface area contributed by atoms with Crippen LogP contribution in [0.5, 0.6) is 0 Å². The Kier molecular flexibility index (Phi) is 6.64. The lowest BCUT2D eigenvalue weighted by molar-refractivity contribution is -0.135. The number of nitrogens with one attached hydrogen (secondary N) is 3. The van der Waals surface area contributed by atoms with Crippen molar-refractivity contribution in [3.63, 3.8) is 0 Å². The molecular weight excluding hydrogens is 444 g/mol. The van der Waals surface area contributed by atoms with Gasteiger partial charge in [0, 0.05) is 12.1 Å². The normalized spacial score (nSPS) is 17.1. The lowest BCUT2D eigenvalue weighted by Crippen LogP contribution is -2.47. The summed E-state index contributed by atoms with van der Waals surface area (Å²) in [6.07, 6.45) is 0.216. The van der Waals surface area contributed by atoms with Crippen molar-refractivity contribution < 1.29 is 19.2 Å². The van der Waals surface area contributed by atoms with E-state index in [1.807, 2.05) is 62.4 Å². The fourth-order valence-corrected chi connectivity index (χ4v) is 4.23. The minimum absolute atomic E-state index is 0.216. The number of hydrogen-bond donors (Lipinski definition) is 3. The van der Waals surface area contributed by atoms with Gasteiger partial charge in [0.15, 0.2) is 5.54 Å². The molecule has 6 amide bonds. The Hall–Kier alpha value is -4.46. The molecule has 0 aromatic heterocycles. The first-order chi connectivity index (χ1) is 16.8. The van der Waals surface area contributed by atoms with E-state index in [-0.39, 0.29) is 6.42 Å². The highest BCUT2D eigenvalue weighted by Crippen LogP contribution is 2.32. The summed E-state index contributed by atoms with van der Waals surface area (Å²) in [6.45, 7) is 3.19. The molecular formula is C27H26N4O4. The summed E-state index contributed by atoms with van der Waals surface area (Å²) >= 11 is 0. The highest BCUT2D eigenvalue weighted by atomic mass is 16.2. The zero-order valence-electron chi connectivity index (χ0n) is 19.5. The number of aryl methyl sites for hydroxylation is 2. The number of hydrogen-bond acceptors (Lipinski definition) is 4. The number of urea groups is 2. The van der Waals surface area contributed by atoms with Crippen LogP contribution in [0, 0.1) is 13.8 Å². The van der Waals surface area contributed by atoms with E-state index in [9.17, 15) is 19.2 Å². The molecule has 1 heterocycles. The number of amides is 6. The van der Waals surface area contributed by atoms with Crippen LogP contribution in [0.25, 0.3) is 0 Å². The highest BCUT2D eigenvalue weighted by Gasteiger charge is 2.52. The molecule has 1 fully saturated rings. The van der Waals surface area contributed by atoms with Gasteiger partial charge in [0.25, 0.3) is 5.91 Å². The quantitative estimate of drug-likeness (QED) is 0.478. The second kappa shape index (κ2) is 9.80. The maximum absolute atomic E-state index is 13.6. The summed E-state index contributed by atoms with van der Waals surface area (Å²) in [4.78, 5) is 52.2. The molecule has 1 aliphatic heterocycles. The van der Waals surface area contributed by atoms with Crippen LogP contribution in [-0.2, 0) is 21.5 Å². The van der Waals surface area contributed by atoms with Crippen molar-refractivity contribution in [2.24, 2.45) is 0 Å². The first-order valence-electron chi connectivity index (χ1n) is 11.2. The van der Waals surface area contributed by atoms with Crippen molar-refractivity contribution in [2.75, 3.05) is 11.9 Å². The van der Waals surface area contributed by atoms with Crippen LogP contribution in [-0.4, -0.2) is 35.3 Å². The van der Waals surface area contributed by atoms with E-state index in [1.54, 1.807) is 30.3 Å². The largest absolute Gasteiger partial charge is 0.325 e. The number of imide groups is 2. The minimum Gasteiger partial charge on any atom is -0.319 e. The van der Waals surface area contributed by atoms with Gasteiger partial charge in [-0.25, -0.2) is 9.59 Å². The van der Waals surface area contributed by atoms with E-state index in [4.69, 9.17) is 0 Å². The van der Waals surface area contributed by atoms with Crippen molar-refractivity contribution in [3.8, 4) is 0 Å². The molecule has 35 heavy (non-hydrogen) atoms. The predicted molar refractivity (Wildman–Crippen MR) is 132 cm³/mol. The molecule has 0 aliphatic carbocycles. The maximum atomic E-state index is 13.6. The third-order valence-corrected chi connectivity index (χ3v) is 5.94. The molecule has 3 aromatic rings. The van der Waals surface area contributed by atoms with Crippen LogP contribution in [0.1, 0.15) is 22.3 Å². The van der Waals surface area contributed by atoms with Gasteiger partial charge in [0.1, 0.15) is 6.54 Å². The van der Waals surface area contributed by atoms with Crippen molar-refractivity contribution in [3.05, 3.63) is 101 Å². The van der Waals surface area contributed by atoms with Gasteiger partial charge in [0.2, 0.25) is 5.91 Å². The summed E-state index contributed by atoms with van der Waals surface area (Å²) in [6, 6.07) is 22.3. The Morgan fingerprint density at radius 2 is 1.57 bits per heavy atom. The smallest absolute Gasteiger partial charge is 0.319 e. The molecule has 1 atom stereocenters. The van der Waals surface area contributed by atoms with Gasteiger partial charge in [-0.3, -0.25) is 19.8 Å². The first kappa shape index (κ1) is 23.7. The van der Waals surface area contributed by atoms with E-state index < -0.39 is 36.0 Å². The summed E-state index contributed by atoms with van der Waals surface area (Å²) in [5.74, 6) is -1.33. The van der Waals surface area contributed by atoms with Gasteiger partial charge < -0.3 is 10.6 Å². The van der Waals surface area contributed by atoms with Crippen molar-refractivity contribution in [2.45, 2.75) is 25.8 Å². The monoisotopic (exact) mass is 470 g/mol. The number of carbonyl (C=O) groups is 4. The molecule has 0 spiro atoms. The predicted octanol–water partition coefficient (Wildman–Crippen LogP) is 3.64. The Labute approximate surface area is 203 Å². The van der Waals surface area contributed by atoms with Gasteiger partial charge in [-0.05, 0) is 36.6 Å². The molecule has 8 heteroatoms. The summed E-state index contributed by atoms with van der Waals surface area (Å²) in [5.41, 5.74) is 2.54. The summed E-state index contributed by atoms with van der Waals surface area (Å²) in [5, 5.41) is 7.61. The molecule has 0 unspecified atom stereocenters. The van der Waals surface area contributed by atoms with Gasteiger partial charge in [-0.15, -0.1) is 0 Å². The molecule has 0 saturated carbocycles. The van der Waals surface area contributed by atoms with Crippen LogP contribution >= 0.6 is 0 Å². The van der Waals surface area contributed by atoms with Crippen LogP contribution < -0.4 is 16.0 Å². The first-order valence-corrected chi connectivity index (χ1v) is 11.2. The Morgan fingerprint density at radius 1 is 0.914 bits per heavy atom. The van der Waals surface area contributed by atoms with Crippen LogP contribution in [0.3, 0.4) is 0 Å². The van der Waals surface area contributed by atoms with Crippen LogP contribution in [0.2, 0.25) is 0 Å². The van der Waals surface area contributed by atoms with Gasteiger partial charge >= 0.3 is 12.1 Å². The van der Waals surface area contributed by atoms with E-state index in [1.165, 1.54) is 0 Å². The second-order valence-electron chi connectivity index (χ2n) is 8.58. The average molecular weight is 471 g/mol. The topological polar surface area (TPSA) is 108 Å². The molecule has 0 bridgehead atoms.